The highest BCUT2D eigenvalue weighted by Gasteiger charge is 2.13. The number of ether oxygens (including phenoxy) is 1. The summed E-state index contributed by atoms with van der Waals surface area (Å²) in [5, 5.41) is 18.2. The van der Waals surface area contributed by atoms with Crippen LogP contribution < -0.4 is 20.7 Å². The summed E-state index contributed by atoms with van der Waals surface area (Å²) >= 11 is 6.48. The Morgan fingerprint density at radius 3 is 2.80 bits per heavy atom. The molecule has 35 heavy (non-hydrogen) atoms. The Balaban J connectivity index is 1.56. The molecular weight excluding hydrogens is 471 g/mol. The van der Waals surface area contributed by atoms with Gasteiger partial charge in [0.25, 0.3) is 0 Å². The monoisotopic (exact) mass is 496 g/mol. The Hall–Kier alpha value is -3.74. The molecule has 0 fully saturated rings. The van der Waals surface area contributed by atoms with Gasteiger partial charge in [-0.3, -0.25) is 4.99 Å². The highest BCUT2D eigenvalue weighted by atomic mass is 35.5. The highest BCUT2D eigenvalue weighted by Crippen LogP contribution is 2.32. The molecule has 0 bridgehead atoms. The molecule has 0 atom stereocenters. The summed E-state index contributed by atoms with van der Waals surface area (Å²) < 4.78 is 18.7. The first-order valence-corrected chi connectivity index (χ1v) is 11.5. The first-order valence-electron chi connectivity index (χ1n) is 11.1. The van der Waals surface area contributed by atoms with Crippen LogP contribution in [0.4, 0.5) is 14.9 Å². The number of nitrogens with one attached hydrogen (secondary N) is 3. The van der Waals surface area contributed by atoms with Crippen molar-refractivity contribution < 1.29 is 13.9 Å². The molecule has 0 radical (unpaired) electrons. The van der Waals surface area contributed by atoms with Crippen molar-refractivity contribution in [2.45, 2.75) is 26.3 Å². The van der Waals surface area contributed by atoms with Crippen LogP contribution in [0.15, 0.2) is 58.3 Å². The second-order valence-corrected chi connectivity index (χ2v) is 7.98. The van der Waals surface area contributed by atoms with E-state index in [0.717, 1.165) is 11.1 Å². The van der Waals surface area contributed by atoms with Gasteiger partial charge in [0.05, 0.1) is 25.0 Å². The predicted octanol–water partition coefficient (Wildman–Crippen LogP) is 4.61. The zero-order chi connectivity index (χ0) is 25.0. The lowest BCUT2D eigenvalue weighted by molar-refractivity contribution is 0.253. The van der Waals surface area contributed by atoms with E-state index in [2.05, 4.69) is 25.9 Å². The number of aliphatic imine (C=N–C) groups is 2. The topological polar surface area (TPSA) is 111 Å². The smallest absolute Gasteiger partial charge is 0.319 e. The molecule has 182 valence electrons. The minimum absolute atomic E-state index is 0.197. The maximum atomic E-state index is 13.0. The number of hydrogen-bond donors (Lipinski definition) is 3. The first-order chi connectivity index (χ1) is 17.0. The lowest BCUT2D eigenvalue weighted by Crippen LogP contribution is -2.33. The number of amides is 2. The molecule has 0 aliphatic carbocycles. The Morgan fingerprint density at radius 2 is 2.06 bits per heavy atom. The van der Waals surface area contributed by atoms with Crippen LogP contribution in [0.2, 0.25) is 5.02 Å². The highest BCUT2D eigenvalue weighted by molar-refractivity contribution is 6.31. The largest absolute Gasteiger partial charge is 0.492 e. The quantitative estimate of drug-likeness (QED) is 0.417. The second-order valence-electron chi connectivity index (χ2n) is 7.57. The van der Waals surface area contributed by atoms with Crippen LogP contribution in [0.5, 0.6) is 5.75 Å². The van der Waals surface area contributed by atoms with Crippen LogP contribution in [-0.2, 0) is 13.0 Å². The number of nitrogens with zero attached hydrogens (tertiary/aromatic N) is 3. The van der Waals surface area contributed by atoms with Crippen LogP contribution in [0.3, 0.4) is 0 Å². The predicted molar refractivity (Wildman–Crippen MR) is 136 cm³/mol. The Morgan fingerprint density at radius 1 is 1.26 bits per heavy atom. The van der Waals surface area contributed by atoms with Crippen LogP contribution in [0, 0.1) is 17.1 Å². The fourth-order valence-electron chi connectivity index (χ4n) is 3.23. The molecule has 0 unspecified atom stereocenters. The van der Waals surface area contributed by atoms with Crippen LogP contribution >= 0.6 is 11.6 Å². The number of nitriles is 1. The van der Waals surface area contributed by atoms with Crippen molar-refractivity contribution >= 4 is 35.2 Å². The van der Waals surface area contributed by atoms with Crippen LogP contribution in [0.1, 0.15) is 24.5 Å². The molecule has 1 aliphatic rings. The molecule has 10 heteroatoms. The number of hydrogen-bond acceptors (Lipinski definition) is 6. The number of anilines is 1. The van der Waals surface area contributed by atoms with Gasteiger partial charge in [-0.15, -0.1) is 0 Å². The molecule has 2 aromatic carbocycles. The van der Waals surface area contributed by atoms with E-state index >= 15 is 0 Å². The van der Waals surface area contributed by atoms with Gasteiger partial charge in [-0.25, -0.2) is 14.2 Å². The summed E-state index contributed by atoms with van der Waals surface area (Å²) in [5.74, 6) is 0.256. The average Bonchev–Trinajstić information content (AvgIpc) is 3.09. The van der Waals surface area contributed by atoms with Crippen molar-refractivity contribution in [1.82, 2.24) is 10.6 Å². The molecule has 3 rings (SSSR count). The second kappa shape index (κ2) is 13.2. The van der Waals surface area contributed by atoms with Crippen molar-refractivity contribution in [3.63, 3.8) is 0 Å². The molecule has 0 aromatic heterocycles. The molecule has 0 saturated carbocycles. The Kier molecular flexibility index (Phi) is 9.78. The summed E-state index contributed by atoms with van der Waals surface area (Å²) in [6, 6.07) is 11.3. The minimum atomic E-state index is -0.441. The third kappa shape index (κ3) is 8.21. The van der Waals surface area contributed by atoms with Gasteiger partial charge in [0.15, 0.2) is 5.70 Å². The van der Waals surface area contributed by atoms with E-state index in [1.165, 1.54) is 18.3 Å². The fraction of sp³-hybridized carbons (Fsp3) is 0.280. The normalized spacial score (nSPS) is 12.7. The van der Waals surface area contributed by atoms with E-state index in [0.29, 0.717) is 54.7 Å². The number of urea groups is 1. The number of carbonyl (C=O) groups is 1. The molecule has 8 nitrogen and oxygen atoms in total. The fourth-order valence-corrected chi connectivity index (χ4v) is 3.49. The van der Waals surface area contributed by atoms with Gasteiger partial charge in [-0.1, -0.05) is 23.7 Å². The van der Waals surface area contributed by atoms with Gasteiger partial charge in [0, 0.05) is 29.9 Å². The van der Waals surface area contributed by atoms with E-state index in [4.69, 9.17) is 21.6 Å². The molecule has 1 aliphatic heterocycles. The summed E-state index contributed by atoms with van der Waals surface area (Å²) in [6.07, 6.45) is 4.04. The summed E-state index contributed by atoms with van der Waals surface area (Å²) in [5.41, 5.74) is 3.20. The van der Waals surface area contributed by atoms with Gasteiger partial charge in [-0.2, -0.15) is 5.26 Å². The molecule has 2 aromatic rings. The molecule has 0 saturated heterocycles. The number of halogens is 2. The number of benzene rings is 2. The summed E-state index contributed by atoms with van der Waals surface area (Å²) in [4.78, 5) is 20.6. The van der Waals surface area contributed by atoms with E-state index in [1.807, 2.05) is 19.1 Å². The minimum Gasteiger partial charge on any atom is -0.492 e. The third-order valence-electron chi connectivity index (χ3n) is 5.00. The van der Waals surface area contributed by atoms with E-state index in [9.17, 15) is 9.18 Å². The van der Waals surface area contributed by atoms with Crippen LogP contribution in [0.25, 0.3) is 0 Å². The van der Waals surface area contributed by atoms with Gasteiger partial charge < -0.3 is 20.7 Å². The number of allylic oxidation sites excluding steroid dienone is 1. The Labute approximate surface area is 208 Å². The van der Waals surface area contributed by atoms with Crippen molar-refractivity contribution in [3.05, 3.63) is 70.3 Å². The van der Waals surface area contributed by atoms with Crippen molar-refractivity contribution in [3.8, 4) is 11.8 Å². The third-order valence-corrected chi connectivity index (χ3v) is 5.36. The van der Waals surface area contributed by atoms with Gasteiger partial charge >= 0.3 is 6.03 Å². The summed E-state index contributed by atoms with van der Waals surface area (Å²) in [7, 11) is 0. The van der Waals surface area contributed by atoms with Crippen molar-refractivity contribution in [2.75, 3.05) is 25.0 Å². The maximum absolute atomic E-state index is 13.0. The molecular formula is C25H26ClFN6O2. The average molecular weight is 497 g/mol. The number of rotatable bonds is 10. The zero-order valence-electron chi connectivity index (χ0n) is 19.3. The summed E-state index contributed by atoms with van der Waals surface area (Å²) in [6.45, 7) is 3.74. The van der Waals surface area contributed by atoms with Gasteiger partial charge in [0.2, 0.25) is 0 Å². The Bertz CT molecular complexity index is 1170. The van der Waals surface area contributed by atoms with Gasteiger partial charge in [0.1, 0.15) is 17.6 Å². The zero-order valence-corrected chi connectivity index (χ0v) is 20.0. The SMILES string of the molecule is CCOc1cc(CCNCc2ccc(F)cc2)c(Cl)cc1NC(=O)NCC1=NC=C(C#N)N=CC1. The first kappa shape index (κ1) is 25.9. The van der Waals surface area contributed by atoms with Crippen LogP contribution in [-0.4, -0.2) is 37.7 Å². The lowest BCUT2D eigenvalue weighted by Gasteiger charge is -2.16. The van der Waals surface area contributed by atoms with Gasteiger partial charge in [-0.05, 0) is 55.3 Å². The number of carbonyl (C=O) groups excluding carboxylic acids is 1. The van der Waals surface area contributed by atoms with Crippen molar-refractivity contribution in [1.29, 1.82) is 5.26 Å². The molecule has 1 heterocycles. The molecule has 2 amide bonds. The van der Waals surface area contributed by atoms with E-state index < -0.39 is 6.03 Å². The van der Waals surface area contributed by atoms with E-state index in [1.54, 1.807) is 24.4 Å². The molecule has 3 N–H and O–H groups in total. The maximum Gasteiger partial charge on any atom is 0.319 e. The van der Waals surface area contributed by atoms with Crippen molar-refractivity contribution in [2.24, 2.45) is 9.98 Å². The molecule has 0 spiro atoms. The standard InChI is InChI=1S/C25H26ClFN6O2/c1-2-35-24-11-18(7-9-29-14-17-3-5-19(27)6-4-17)22(26)12-23(24)33-25(34)32-15-20-8-10-30-21(13-28)16-31-20/h3-6,10-12,16,29H,2,7-9,14-15H2,1H3,(H2,32,33,34). The van der Waals surface area contributed by atoms with E-state index in [-0.39, 0.29) is 18.1 Å². The lowest BCUT2D eigenvalue weighted by atomic mass is 10.1.